The van der Waals surface area contributed by atoms with E-state index in [1.54, 1.807) is 11.0 Å². The molecule has 138 valence electrons. The van der Waals surface area contributed by atoms with Crippen LogP contribution in [-0.4, -0.2) is 42.0 Å². The number of amides is 1. The monoisotopic (exact) mass is 395 g/mol. The number of hydrogen-bond acceptors (Lipinski definition) is 5. The van der Waals surface area contributed by atoms with E-state index in [1.807, 2.05) is 11.4 Å². The number of halogens is 2. The Morgan fingerprint density at radius 2 is 1.96 bits per heavy atom. The Morgan fingerprint density at radius 1 is 1.19 bits per heavy atom. The number of aromatic nitrogens is 1. The molecule has 0 radical (unpaired) electrons. The zero-order chi connectivity index (χ0) is 18.7. The minimum absolute atomic E-state index is 0.0956. The van der Waals surface area contributed by atoms with Crippen molar-refractivity contribution in [1.29, 1.82) is 0 Å². The van der Waals surface area contributed by atoms with E-state index in [-0.39, 0.29) is 11.4 Å². The van der Waals surface area contributed by atoms with E-state index < -0.39 is 11.6 Å². The summed E-state index contributed by atoms with van der Waals surface area (Å²) in [5, 5.41) is 2.22. The number of benzene rings is 1. The molecule has 0 saturated carbocycles. The maximum Gasteiger partial charge on any atom is 0.270 e. The highest BCUT2D eigenvalue weighted by Gasteiger charge is 2.23. The molecule has 8 heteroatoms. The lowest BCUT2D eigenvalue weighted by atomic mass is 10.3. The van der Waals surface area contributed by atoms with Gasteiger partial charge in [0.1, 0.15) is 11.3 Å². The van der Waals surface area contributed by atoms with Crippen LogP contribution in [0.5, 0.6) is 0 Å². The van der Waals surface area contributed by atoms with E-state index in [0.29, 0.717) is 27.8 Å². The maximum atomic E-state index is 14.0. The Morgan fingerprint density at radius 3 is 2.62 bits per heavy atom. The molecule has 0 atom stereocenters. The summed E-state index contributed by atoms with van der Waals surface area (Å²) in [6.07, 6.45) is 0. The fourth-order valence-electron chi connectivity index (χ4n) is 2.66. The molecule has 2 aromatic heterocycles. The molecule has 0 saturated heterocycles. The molecule has 0 aliphatic carbocycles. The summed E-state index contributed by atoms with van der Waals surface area (Å²) >= 11 is 2.48. The van der Waals surface area contributed by atoms with Crippen molar-refractivity contribution >= 4 is 43.9 Å². The molecule has 0 fully saturated rings. The van der Waals surface area contributed by atoms with Gasteiger partial charge in [0.15, 0.2) is 10.9 Å². The van der Waals surface area contributed by atoms with Crippen molar-refractivity contribution in [3.63, 3.8) is 0 Å². The number of rotatable bonds is 7. The zero-order valence-electron chi connectivity index (χ0n) is 14.5. The number of thiophene rings is 1. The summed E-state index contributed by atoms with van der Waals surface area (Å²) in [6.45, 7) is 6.98. The molecule has 0 spiro atoms. The van der Waals surface area contributed by atoms with Crippen LogP contribution in [0.3, 0.4) is 0 Å². The van der Waals surface area contributed by atoms with Crippen LogP contribution in [0.1, 0.15) is 23.5 Å². The summed E-state index contributed by atoms with van der Waals surface area (Å²) in [7, 11) is 0. The van der Waals surface area contributed by atoms with Crippen molar-refractivity contribution in [2.24, 2.45) is 0 Å². The second kappa shape index (κ2) is 8.20. The van der Waals surface area contributed by atoms with Crippen LogP contribution in [0.4, 0.5) is 13.9 Å². The first-order valence-electron chi connectivity index (χ1n) is 8.36. The van der Waals surface area contributed by atoms with E-state index >= 15 is 0 Å². The number of likely N-dealkylation sites (N-methyl/N-ethyl adjacent to an activating group) is 1. The van der Waals surface area contributed by atoms with Gasteiger partial charge >= 0.3 is 0 Å². The van der Waals surface area contributed by atoms with Gasteiger partial charge in [-0.2, -0.15) is 0 Å². The first-order valence-corrected chi connectivity index (χ1v) is 10.1. The summed E-state index contributed by atoms with van der Waals surface area (Å²) in [4.78, 5) is 21.6. The summed E-state index contributed by atoms with van der Waals surface area (Å²) in [5.41, 5.74) is 0.0956. The second-order valence-electron chi connectivity index (χ2n) is 5.69. The second-order valence-corrected chi connectivity index (χ2v) is 7.65. The van der Waals surface area contributed by atoms with Crippen LogP contribution in [0.15, 0.2) is 29.6 Å². The first kappa shape index (κ1) is 18.9. The molecule has 0 aliphatic rings. The van der Waals surface area contributed by atoms with Crippen molar-refractivity contribution in [2.75, 3.05) is 31.1 Å². The lowest BCUT2D eigenvalue weighted by Crippen LogP contribution is -2.38. The molecule has 26 heavy (non-hydrogen) atoms. The summed E-state index contributed by atoms with van der Waals surface area (Å²) < 4.78 is 27.9. The van der Waals surface area contributed by atoms with E-state index in [2.05, 4.69) is 23.7 Å². The third-order valence-corrected chi connectivity index (χ3v) is 6.03. The number of carbonyl (C=O) groups excluding carboxylic acids is 1. The van der Waals surface area contributed by atoms with Gasteiger partial charge in [0, 0.05) is 19.2 Å². The SMILES string of the molecule is CCN(CC)CCN(C(=O)c1cccs1)c1nc2c(F)cc(F)cc2s1. The van der Waals surface area contributed by atoms with E-state index in [0.717, 1.165) is 30.5 Å². The quantitative estimate of drug-likeness (QED) is 0.585. The number of fused-ring (bicyclic) bond motifs is 1. The van der Waals surface area contributed by atoms with Gasteiger partial charge in [0.05, 0.1) is 9.58 Å². The molecular weight excluding hydrogens is 376 g/mol. The normalized spacial score (nSPS) is 11.4. The Kier molecular flexibility index (Phi) is 5.95. The van der Waals surface area contributed by atoms with Crippen molar-refractivity contribution in [3.05, 3.63) is 46.2 Å². The van der Waals surface area contributed by atoms with E-state index in [9.17, 15) is 13.6 Å². The number of nitrogens with zero attached hydrogens (tertiary/aromatic N) is 3. The predicted molar refractivity (Wildman–Crippen MR) is 103 cm³/mol. The lowest BCUT2D eigenvalue weighted by Gasteiger charge is -2.24. The molecule has 0 N–H and O–H groups in total. The highest BCUT2D eigenvalue weighted by Crippen LogP contribution is 2.32. The zero-order valence-corrected chi connectivity index (χ0v) is 16.2. The molecule has 4 nitrogen and oxygen atoms in total. The first-order chi connectivity index (χ1) is 12.5. The average molecular weight is 396 g/mol. The minimum atomic E-state index is -0.713. The smallest absolute Gasteiger partial charge is 0.270 e. The third-order valence-electron chi connectivity index (χ3n) is 4.14. The molecular formula is C18H19F2N3OS2. The molecule has 2 heterocycles. The van der Waals surface area contributed by atoms with Gasteiger partial charge in [-0.1, -0.05) is 31.3 Å². The molecule has 1 amide bonds. The van der Waals surface area contributed by atoms with Crippen LogP contribution in [0.25, 0.3) is 10.2 Å². The number of hydrogen-bond donors (Lipinski definition) is 0. The predicted octanol–water partition coefficient (Wildman–Crippen LogP) is 4.62. The molecule has 3 rings (SSSR count). The topological polar surface area (TPSA) is 36.4 Å². The summed E-state index contributed by atoms with van der Waals surface area (Å²) in [6, 6.07) is 5.63. The Hall–Kier alpha value is -1.90. The standard InChI is InChI=1S/C18H19F2N3OS2/c1-3-22(4-2)7-8-23(17(24)14-6-5-9-25-14)18-21-16-13(20)10-12(19)11-15(16)26-18/h5-6,9-11H,3-4,7-8H2,1-2H3. The van der Waals surface area contributed by atoms with Crippen LogP contribution in [0, 0.1) is 11.6 Å². The van der Waals surface area contributed by atoms with Crippen molar-refractivity contribution in [2.45, 2.75) is 13.8 Å². The van der Waals surface area contributed by atoms with Gasteiger partial charge in [0.2, 0.25) is 0 Å². The van der Waals surface area contributed by atoms with Crippen LogP contribution < -0.4 is 4.90 Å². The maximum absolute atomic E-state index is 14.0. The van der Waals surface area contributed by atoms with Crippen LogP contribution in [-0.2, 0) is 0 Å². The fraction of sp³-hybridized carbons (Fsp3) is 0.333. The molecule has 1 aromatic carbocycles. The largest absolute Gasteiger partial charge is 0.302 e. The van der Waals surface area contributed by atoms with E-state index in [1.165, 1.54) is 17.4 Å². The minimum Gasteiger partial charge on any atom is -0.302 e. The Balaban J connectivity index is 1.96. The Bertz CT molecular complexity index is 891. The van der Waals surface area contributed by atoms with Gasteiger partial charge in [-0.15, -0.1) is 11.3 Å². The highest BCUT2D eigenvalue weighted by atomic mass is 32.1. The third kappa shape index (κ3) is 3.92. The van der Waals surface area contributed by atoms with Crippen molar-refractivity contribution < 1.29 is 13.6 Å². The van der Waals surface area contributed by atoms with Gasteiger partial charge < -0.3 is 4.90 Å². The number of thiazole rings is 1. The highest BCUT2D eigenvalue weighted by molar-refractivity contribution is 7.22. The average Bonchev–Trinajstić information content (AvgIpc) is 3.28. The number of carbonyl (C=O) groups is 1. The van der Waals surface area contributed by atoms with Gasteiger partial charge in [-0.05, 0) is 30.6 Å². The molecule has 0 aliphatic heterocycles. The van der Waals surface area contributed by atoms with Gasteiger partial charge in [-0.25, -0.2) is 13.8 Å². The Labute approximate surface area is 158 Å². The molecule has 0 bridgehead atoms. The van der Waals surface area contributed by atoms with Crippen molar-refractivity contribution in [1.82, 2.24) is 9.88 Å². The summed E-state index contributed by atoms with van der Waals surface area (Å²) in [5.74, 6) is -1.54. The van der Waals surface area contributed by atoms with Crippen LogP contribution >= 0.6 is 22.7 Å². The van der Waals surface area contributed by atoms with Crippen LogP contribution in [0.2, 0.25) is 0 Å². The lowest BCUT2D eigenvalue weighted by molar-refractivity contribution is 0.0987. The van der Waals surface area contributed by atoms with Crippen molar-refractivity contribution in [3.8, 4) is 0 Å². The molecule has 3 aromatic rings. The fourth-order valence-corrected chi connectivity index (χ4v) is 4.36. The van der Waals surface area contributed by atoms with Gasteiger partial charge in [-0.3, -0.25) is 9.69 Å². The molecule has 0 unspecified atom stereocenters. The van der Waals surface area contributed by atoms with E-state index in [4.69, 9.17) is 0 Å². The number of anilines is 1. The van der Waals surface area contributed by atoms with Gasteiger partial charge in [0.25, 0.3) is 5.91 Å².